The van der Waals surface area contributed by atoms with Gasteiger partial charge >= 0.3 is 0 Å². The van der Waals surface area contributed by atoms with Crippen molar-refractivity contribution in [3.8, 4) is 5.75 Å². The molecular weight excluding hydrogens is 292 g/mol. The van der Waals surface area contributed by atoms with Crippen molar-refractivity contribution in [2.24, 2.45) is 0 Å². The van der Waals surface area contributed by atoms with Crippen molar-refractivity contribution < 1.29 is 5.11 Å². The number of phenolic OH excluding ortho intramolecular Hbond substituents is 1. The number of hydrogen-bond acceptors (Lipinski definition) is 1. The van der Waals surface area contributed by atoms with Gasteiger partial charge in [0.25, 0.3) is 0 Å². The van der Waals surface area contributed by atoms with Crippen LogP contribution in [0, 0.1) is 13.8 Å². The zero-order valence-electron chi connectivity index (χ0n) is 16.7. The lowest BCUT2D eigenvalue weighted by Gasteiger charge is -2.16. The molecule has 24 heavy (non-hydrogen) atoms. The average molecular weight is 333 g/mol. The number of aryl methyl sites for hydroxylation is 2. The lowest BCUT2D eigenvalue weighted by atomic mass is 9.91. The molecule has 0 amide bonds. The van der Waals surface area contributed by atoms with Crippen LogP contribution in [-0.4, -0.2) is 5.11 Å². The minimum Gasteiger partial charge on any atom is -0.507 e. The van der Waals surface area contributed by atoms with Crippen molar-refractivity contribution in [1.82, 2.24) is 0 Å². The standard InChI is InChI=1S/C23H40O/c1-5-6-7-8-9-10-11-12-13-14-15-16-20(3)22-18-19(2)17-21(4)23(22)24/h17-18,20,24H,5-16H2,1-4H3. The second-order valence-corrected chi connectivity index (χ2v) is 7.74. The van der Waals surface area contributed by atoms with Crippen molar-refractivity contribution in [1.29, 1.82) is 0 Å². The third-order valence-electron chi connectivity index (χ3n) is 5.25. The normalized spacial score (nSPS) is 12.5. The monoisotopic (exact) mass is 332 g/mol. The minimum absolute atomic E-state index is 0.460. The molecule has 1 N–H and O–H groups in total. The van der Waals surface area contributed by atoms with Crippen LogP contribution in [0.3, 0.4) is 0 Å². The van der Waals surface area contributed by atoms with E-state index >= 15 is 0 Å². The van der Waals surface area contributed by atoms with Crippen LogP contribution >= 0.6 is 0 Å². The largest absolute Gasteiger partial charge is 0.507 e. The van der Waals surface area contributed by atoms with Gasteiger partial charge in [0, 0.05) is 0 Å². The van der Waals surface area contributed by atoms with E-state index in [0.29, 0.717) is 11.7 Å². The van der Waals surface area contributed by atoms with E-state index < -0.39 is 0 Å². The van der Waals surface area contributed by atoms with Crippen molar-refractivity contribution in [2.45, 2.75) is 111 Å². The first-order valence-corrected chi connectivity index (χ1v) is 10.4. The van der Waals surface area contributed by atoms with E-state index in [1.54, 1.807) is 0 Å². The van der Waals surface area contributed by atoms with Crippen LogP contribution in [0.25, 0.3) is 0 Å². The zero-order valence-corrected chi connectivity index (χ0v) is 16.7. The molecular formula is C23H40O. The second-order valence-electron chi connectivity index (χ2n) is 7.74. The van der Waals surface area contributed by atoms with Gasteiger partial charge in [-0.3, -0.25) is 0 Å². The van der Waals surface area contributed by atoms with Crippen molar-refractivity contribution >= 4 is 0 Å². The Morgan fingerprint density at radius 2 is 1.29 bits per heavy atom. The fraction of sp³-hybridized carbons (Fsp3) is 0.739. The Labute approximate surface area is 150 Å². The predicted octanol–water partition coefficient (Wildman–Crippen LogP) is 7.81. The van der Waals surface area contributed by atoms with E-state index in [9.17, 15) is 5.11 Å². The Morgan fingerprint density at radius 3 is 1.83 bits per heavy atom. The first-order chi connectivity index (χ1) is 11.6. The molecule has 0 spiro atoms. The van der Waals surface area contributed by atoms with Gasteiger partial charge < -0.3 is 5.11 Å². The molecule has 1 atom stereocenters. The molecule has 0 aliphatic rings. The Kier molecular flexibility index (Phi) is 10.9. The number of hydrogen-bond donors (Lipinski definition) is 1. The van der Waals surface area contributed by atoms with Gasteiger partial charge in [-0.1, -0.05) is 102 Å². The zero-order chi connectivity index (χ0) is 17.8. The van der Waals surface area contributed by atoms with Gasteiger partial charge in [-0.05, 0) is 37.3 Å². The highest BCUT2D eigenvalue weighted by Crippen LogP contribution is 2.33. The first kappa shape index (κ1) is 21.1. The summed E-state index contributed by atoms with van der Waals surface area (Å²) < 4.78 is 0. The summed E-state index contributed by atoms with van der Waals surface area (Å²) in [6.07, 6.45) is 16.5. The molecule has 0 saturated heterocycles. The molecule has 1 heteroatoms. The Bertz CT molecular complexity index is 450. The van der Waals surface area contributed by atoms with E-state index in [-0.39, 0.29) is 0 Å². The van der Waals surface area contributed by atoms with Crippen LogP contribution in [0.1, 0.15) is 114 Å². The molecule has 1 aromatic rings. The van der Waals surface area contributed by atoms with Crippen LogP contribution in [0.5, 0.6) is 5.75 Å². The molecule has 0 saturated carbocycles. The van der Waals surface area contributed by atoms with Gasteiger partial charge in [0.15, 0.2) is 0 Å². The highest BCUT2D eigenvalue weighted by Gasteiger charge is 2.12. The Hall–Kier alpha value is -0.980. The smallest absolute Gasteiger partial charge is 0.121 e. The third kappa shape index (κ3) is 8.22. The molecule has 0 heterocycles. The molecule has 1 rings (SSSR count). The van der Waals surface area contributed by atoms with Crippen LogP contribution in [-0.2, 0) is 0 Å². The van der Waals surface area contributed by atoms with Gasteiger partial charge in [0.1, 0.15) is 5.75 Å². The van der Waals surface area contributed by atoms with E-state index in [2.05, 4.69) is 32.9 Å². The molecule has 0 aromatic heterocycles. The van der Waals surface area contributed by atoms with E-state index in [0.717, 1.165) is 11.1 Å². The molecule has 0 aliphatic carbocycles. The number of phenols is 1. The third-order valence-corrected chi connectivity index (χ3v) is 5.25. The molecule has 1 unspecified atom stereocenters. The molecule has 1 aromatic carbocycles. The minimum atomic E-state index is 0.460. The Balaban J connectivity index is 2.09. The lowest BCUT2D eigenvalue weighted by Crippen LogP contribution is -1.97. The van der Waals surface area contributed by atoms with Crippen LogP contribution in [0.2, 0.25) is 0 Å². The van der Waals surface area contributed by atoms with Gasteiger partial charge in [-0.2, -0.15) is 0 Å². The number of aromatic hydroxyl groups is 1. The van der Waals surface area contributed by atoms with Crippen molar-refractivity contribution in [3.05, 3.63) is 28.8 Å². The number of unbranched alkanes of at least 4 members (excludes halogenated alkanes) is 10. The molecule has 0 radical (unpaired) electrons. The summed E-state index contributed by atoms with van der Waals surface area (Å²) in [6, 6.07) is 4.22. The molecule has 0 fully saturated rings. The Morgan fingerprint density at radius 1 is 0.792 bits per heavy atom. The van der Waals surface area contributed by atoms with E-state index in [1.807, 2.05) is 6.92 Å². The summed E-state index contributed by atoms with van der Waals surface area (Å²) in [5.41, 5.74) is 3.40. The molecule has 0 aliphatic heterocycles. The maximum Gasteiger partial charge on any atom is 0.121 e. The van der Waals surface area contributed by atoms with Gasteiger partial charge in [0.05, 0.1) is 0 Å². The fourth-order valence-corrected chi connectivity index (χ4v) is 3.64. The molecule has 138 valence electrons. The van der Waals surface area contributed by atoms with Crippen LogP contribution < -0.4 is 0 Å². The number of rotatable bonds is 13. The van der Waals surface area contributed by atoms with Crippen LogP contribution in [0.15, 0.2) is 12.1 Å². The first-order valence-electron chi connectivity index (χ1n) is 10.4. The van der Waals surface area contributed by atoms with Gasteiger partial charge in [0.2, 0.25) is 0 Å². The summed E-state index contributed by atoms with van der Waals surface area (Å²) in [5, 5.41) is 10.3. The summed E-state index contributed by atoms with van der Waals surface area (Å²) in [5.74, 6) is 0.971. The highest BCUT2D eigenvalue weighted by atomic mass is 16.3. The SMILES string of the molecule is CCCCCCCCCCCCCC(C)c1cc(C)cc(C)c1O. The number of benzene rings is 1. The lowest BCUT2D eigenvalue weighted by molar-refractivity contribution is 0.453. The fourth-order valence-electron chi connectivity index (χ4n) is 3.64. The maximum atomic E-state index is 10.3. The van der Waals surface area contributed by atoms with Crippen molar-refractivity contribution in [3.63, 3.8) is 0 Å². The topological polar surface area (TPSA) is 20.2 Å². The van der Waals surface area contributed by atoms with E-state index in [4.69, 9.17) is 0 Å². The van der Waals surface area contributed by atoms with Gasteiger partial charge in [-0.15, -0.1) is 0 Å². The van der Waals surface area contributed by atoms with Crippen LogP contribution in [0.4, 0.5) is 0 Å². The molecule has 1 nitrogen and oxygen atoms in total. The summed E-state index contributed by atoms with van der Waals surface area (Å²) in [6.45, 7) is 8.65. The quantitative estimate of drug-likeness (QED) is 0.365. The summed E-state index contributed by atoms with van der Waals surface area (Å²) >= 11 is 0. The average Bonchev–Trinajstić information content (AvgIpc) is 2.55. The second kappa shape index (κ2) is 12.4. The predicted molar refractivity (Wildman–Crippen MR) is 107 cm³/mol. The summed E-state index contributed by atoms with van der Waals surface area (Å²) in [7, 11) is 0. The summed E-state index contributed by atoms with van der Waals surface area (Å²) in [4.78, 5) is 0. The maximum absolute atomic E-state index is 10.3. The van der Waals surface area contributed by atoms with Gasteiger partial charge in [-0.25, -0.2) is 0 Å². The van der Waals surface area contributed by atoms with E-state index in [1.165, 1.54) is 82.6 Å². The van der Waals surface area contributed by atoms with Crippen molar-refractivity contribution in [2.75, 3.05) is 0 Å². The highest BCUT2D eigenvalue weighted by molar-refractivity contribution is 5.44. The molecule has 0 bridgehead atoms.